The minimum Gasteiger partial charge on any atom is -0.352 e. The van der Waals surface area contributed by atoms with Gasteiger partial charge in [-0.2, -0.15) is 14.6 Å². The van der Waals surface area contributed by atoms with Crippen molar-refractivity contribution in [3.8, 4) is 0 Å². The van der Waals surface area contributed by atoms with Gasteiger partial charge in [-0.3, -0.25) is 0 Å². The normalized spacial score (nSPS) is 15.3. The van der Waals surface area contributed by atoms with Gasteiger partial charge in [0.25, 0.3) is 5.78 Å². The van der Waals surface area contributed by atoms with Crippen LogP contribution in [-0.4, -0.2) is 32.7 Å². The van der Waals surface area contributed by atoms with Crippen LogP contribution in [0.4, 0.5) is 5.82 Å². The lowest BCUT2D eigenvalue weighted by Gasteiger charge is -2.28. The first-order chi connectivity index (χ1) is 10.8. The zero-order valence-corrected chi connectivity index (χ0v) is 13.3. The van der Waals surface area contributed by atoms with Gasteiger partial charge in [-0.05, 0) is 29.9 Å². The van der Waals surface area contributed by atoms with Gasteiger partial charge < -0.3 is 4.90 Å². The van der Waals surface area contributed by atoms with Crippen LogP contribution >= 0.6 is 11.3 Å². The Morgan fingerprint density at radius 3 is 3.05 bits per heavy atom. The number of fused-ring (bicyclic) bond motifs is 1. The predicted octanol–water partition coefficient (Wildman–Crippen LogP) is 3.04. The Labute approximate surface area is 132 Å². The molecular formula is C16H17N5S. The average Bonchev–Trinajstić information content (AvgIpc) is 3.25. The van der Waals surface area contributed by atoms with E-state index in [0.29, 0.717) is 5.78 Å². The molecule has 0 N–H and O–H groups in total. The monoisotopic (exact) mass is 311 g/mol. The Bertz CT molecular complexity index is 818. The van der Waals surface area contributed by atoms with Crippen molar-refractivity contribution in [2.24, 2.45) is 0 Å². The highest BCUT2D eigenvalue weighted by Crippen LogP contribution is 2.28. The van der Waals surface area contributed by atoms with Gasteiger partial charge in [-0.25, -0.2) is 4.98 Å². The summed E-state index contributed by atoms with van der Waals surface area (Å²) in [5.41, 5.74) is 2.51. The highest BCUT2D eigenvalue weighted by Gasteiger charge is 2.18. The smallest absolute Gasteiger partial charge is 0.254 e. The van der Waals surface area contributed by atoms with Crippen LogP contribution in [0.5, 0.6) is 0 Å². The van der Waals surface area contributed by atoms with Crippen molar-refractivity contribution in [3.63, 3.8) is 0 Å². The van der Waals surface area contributed by atoms with Crippen molar-refractivity contribution in [1.29, 1.82) is 0 Å². The van der Waals surface area contributed by atoms with E-state index >= 15 is 0 Å². The first kappa shape index (κ1) is 13.5. The maximum absolute atomic E-state index is 4.51. The molecule has 4 heterocycles. The lowest BCUT2D eigenvalue weighted by Crippen LogP contribution is -2.30. The van der Waals surface area contributed by atoms with Crippen molar-refractivity contribution in [2.45, 2.75) is 19.8 Å². The number of rotatable bonds is 3. The lowest BCUT2D eigenvalue weighted by molar-refractivity contribution is 0.776. The van der Waals surface area contributed by atoms with Gasteiger partial charge in [0.15, 0.2) is 0 Å². The molecule has 1 aliphatic rings. The van der Waals surface area contributed by atoms with Gasteiger partial charge >= 0.3 is 0 Å². The molecule has 4 rings (SSSR count). The Kier molecular flexibility index (Phi) is 3.38. The molecule has 1 aliphatic heterocycles. The second-order valence-electron chi connectivity index (χ2n) is 5.33. The van der Waals surface area contributed by atoms with E-state index in [-0.39, 0.29) is 0 Å². The fourth-order valence-corrected chi connectivity index (χ4v) is 3.61. The SMILES string of the molecule is CCc1cc(N2CC=C(c3cccs3)CC2)n2ncnc2n1. The van der Waals surface area contributed by atoms with E-state index in [1.807, 2.05) is 15.9 Å². The quantitative estimate of drug-likeness (QED) is 0.746. The number of aryl methyl sites for hydroxylation is 1. The van der Waals surface area contributed by atoms with Gasteiger partial charge in [0.2, 0.25) is 0 Å². The Hall–Kier alpha value is -2.21. The first-order valence-electron chi connectivity index (χ1n) is 7.52. The minimum atomic E-state index is 0.683. The molecule has 3 aromatic heterocycles. The Morgan fingerprint density at radius 2 is 2.32 bits per heavy atom. The molecule has 6 heteroatoms. The van der Waals surface area contributed by atoms with Crippen LogP contribution in [0.1, 0.15) is 23.9 Å². The summed E-state index contributed by atoms with van der Waals surface area (Å²) >= 11 is 1.81. The zero-order chi connectivity index (χ0) is 14.9. The maximum atomic E-state index is 4.51. The van der Waals surface area contributed by atoms with Gasteiger partial charge in [-0.15, -0.1) is 11.3 Å². The summed E-state index contributed by atoms with van der Waals surface area (Å²) in [4.78, 5) is 12.5. The van der Waals surface area contributed by atoms with Crippen molar-refractivity contribution in [3.05, 3.63) is 46.6 Å². The van der Waals surface area contributed by atoms with Crippen molar-refractivity contribution in [2.75, 3.05) is 18.0 Å². The summed E-state index contributed by atoms with van der Waals surface area (Å²) < 4.78 is 1.84. The fraction of sp³-hybridized carbons (Fsp3) is 0.312. The lowest BCUT2D eigenvalue weighted by atomic mass is 10.1. The molecule has 0 atom stereocenters. The average molecular weight is 311 g/mol. The van der Waals surface area contributed by atoms with Crippen LogP contribution in [0.3, 0.4) is 0 Å². The van der Waals surface area contributed by atoms with E-state index in [0.717, 1.165) is 37.4 Å². The van der Waals surface area contributed by atoms with E-state index in [1.165, 1.54) is 10.5 Å². The summed E-state index contributed by atoms with van der Waals surface area (Å²) in [6.07, 6.45) is 5.85. The number of anilines is 1. The van der Waals surface area contributed by atoms with Crippen LogP contribution in [0.2, 0.25) is 0 Å². The zero-order valence-electron chi connectivity index (χ0n) is 12.4. The van der Waals surface area contributed by atoms with E-state index in [2.05, 4.69) is 56.5 Å². The summed E-state index contributed by atoms with van der Waals surface area (Å²) in [6, 6.07) is 6.44. The molecule has 0 bridgehead atoms. The highest BCUT2D eigenvalue weighted by atomic mass is 32.1. The Morgan fingerprint density at radius 1 is 1.36 bits per heavy atom. The van der Waals surface area contributed by atoms with Crippen LogP contribution in [-0.2, 0) is 6.42 Å². The summed E-state index contributed by atoms with van der Waals surface area (Å²) in [7, 11) is 0. The molecule has 22 heavy (non-hydrogen) atoms. The van der Waals surface area contributed by atoms with Gasteiger partial charge in [0, 0.05) is 29.7 Å². The maximum Gasteiger partial charge on any atom is 0.254 e. The number of nitrogens with zero attached hydrogens (tertiary/aromatic N) is 5. The molecule has 0 radical (unpaired) electrons. The third kappa shape index (κ3) is 2.29. The van der Waals surface area contributed by atoms with Crippen molar-refractivity contribution < 1.29 is 0 Å². The van der Waals surface area contributed by atoms with Crippen LogP contribution < -0.4 is 4.90 Å². The number of thiophene rings is 1. The number of hydrogen-bond acceptors (Lipinski definition) is 5. The molecule has 0 aliphatic carbocycles. The Balaban J connectivity index is 1.67. The molecule has 112 valence electrons. The predicted molar refractivity (Wildman–Crippen MR) is 89.3 cm³/mol. The third-order valence-electron chi connectivity index (χ3n) is 4.02. The van der Waals surface area contributed by atoms with E-state index in [1.54, 1.807) is 6.33 Å². The second-order valence-corrected chi connectivity index (χ2v) is 6.28. The second kappa shape index (κ2) is 5.53. The first-order valence-corrected chi connectivity index (χ1v) is 8.40. The fourth-order valence-electron chi connectivity index (χ4n) is 2.81. The largest absolute Gasteiger partial charge is 0.352 e. The van der Waals surface area contributed by atoms with Crippen molar-refractivity contribution >= 4 is 28.5 Å². The van der Waals surface area contributed by atoms with Crippen LogP contribution in [0.25, 0.3) is 11.4 Å². The van der Waals surface area contributed by atoms with E-state index in [4.69, 9.17) is 0 Å². The molecule has 0 unspecified atom stereocenters. The van der Waals surface area contributed by atoms with Gasteiger partial charge in [-0.1, -0.05) is 19.1 Å². The summed E-state index contributed by atoms with van der Waals surface area (Å²) in [5, 5.41) is 6.46. The summed E-state index contributed by atoms with van der Waals surface area (Å²) in [6.45, 7) is 4.01. The van der Waals surface area contributed by atoms with E-state index in [9.17, 15) is 0 Å². The molecule has 0 saturated heterocycles. The number of hydrogen-bond donors (Lipinski definition) is 0. The van der Waals surface area contributed by atoms with Crippen molar-refractivity contribution in [1.82, 2.24) is 19.6 Å². The molecule has 0 saturated carbocycles. The number of aromatic nitrogens is 4. The molecule has 0 fully saturated rings. The highest BCUT2D eigenvalue weighted by molar-refractivity contribution is 7.11. The third-order valence-corrected chi connectivity index (χ3v) is 4.96. The van der Waals surface area contributed by atoms with Crippen LogP contribution in [0.15, 0.2) is 36.0 Å². The van der Waals surface area contributed by atoms with Gasteiger partial charge in [0.05, 0.1) is 0 Å². The molecule has 0 amide bonds. The minimum absolute atomic E-state index is 0.683. The molecular weight excluding hydrogens is 294 g/mol. The van der Waals surface area contributed by atoms with E-state index < -0.39 is 0 Å². The van der Waals surface area contributed by atoms with Crippen LogP contribution in [0, 0.1) is 0 Å². The molecule has 3 aromatic rings. The standard InChI is InChI=1S/C16H17N5S/c1-2-13-10-15(21-16(19-13)17-11-18-21)20-7-5-12(6-8-20)14-4-3-9-22-14/h3-5,9-11H,2,6-8H2,1H3. The molecule has 5 nitrogen and oxygen atoms in total. The summed E-state index contributed by atoms with van der Waals surface area (Å²) in [5.74, 6) is 1.77. The van der Waals surface area contributed by atoms with Gasteiger partial charge in [0.1, 0.15) is 12.1 Å². The molecule has 0 aromatic carbocycles. The topological polar surface area (TPSA) is 46.3 Å². The molecule has 0 spiro atoms.